The smallest absolute Gasteiger partial charge is 0.0814 e. The summed E-state index contributed by atoms with van der Waals surface area (Å²) in [6.07, 6.45) is 3.15. The molecular formula is C10H28BN3. The van der Waals surface area contributed by atoms with E-state index >= 15 is 0 Å². The Labute approximate surface area is 90.6 Å². The van der Waals surface area contributed by atoms with Crippen molar-refractivity contribution in [3.63, 3.8) is 0 Å². The molecule has 0 radical (unpaired) electrons. The lowest BCUT2D eigenvalue weighted by atomic mass is 9.83. The van der Waals surface area contributed by atoms with Gasteiger partial charge in [-0.3, -0.25) is 0 Å². The Kier molecular flexibility index (Phi) is 9.67. The van der Waals surface area contributed by atoms with Crippen molar-refractivity contribution >= 4 is 8.41 Å². The van der Waals surface area contributed by atoms with Crippen LogP contribution in [-0.2, 0) is 0 Å². The third-order valence-corrected chi connectivity index (χ3v) is 3.03. The molecule has 0 aromatic rings. The Morgan fingerprint density at radius 2 is 1.71 bits per heavy atom. The van der Waals surface area contributed by atoms with Crippen LogP contribution in [0.2, 0.25) is 0 Å². The summed E-state index contributed by atoms with van der Waals surface area (Å²) >= 11 is 0. The molecule has 0 aromatic carbocycles. The van der Waals surface area contributed by atoms with E-state index in [0.29, 0.717) is 6.54 Å². The highest BCUT2D eigenvalue weighted by atomic mass is 15.0. The van der Waals surface area contributed by atoms with E-state index in [1.165, 1.54) is 0 Å². The first kappa shape index (κ1) is 16.4. The third-order valence-electron chi connectivity index (χ3n) is 3.03. The molecule has 0 aliphatic carbocycles. The molecule has 0 amide bonds. The average Bonchev–Trinajstić information content (AvgIpc) is 2.19. The van der Waals surface area contributed by atoms with Crippen molar-refractivity contribution in [2.45, 2.75) is 51.6 Å². The van der Waals surface area contributed by atoms with Crippen LogP contribution in [0.25, 0.3) is 0 Å². The molecule has 5 N–H and O–H groups in total. The fourth-order valence-electron chi connectivity index (χ4n) is 1.87. The van der Waals surface area contributed by atoms with Gasteiger partial charge in [-0.05, 0) is 19.3 Å². The molecule has 3 nitrogen and oxygen atoms in total. The summed E-state index contributed by atoms with van der Waals surface area (Å²) < 4.78 is 0. The Morgan fingerprint density at radius 3 is 2.00 bits per heavy atom. The first-order valence-electron chi connectivity index (χ1n) is 5.37. The minimum atomic E-state index is 0. The van der Waals surface area contributed by atoms with E-state index in [1.807, 2.05) is 0 Å². The molecule has 0 aliphatic heterocycles. The molecule has 14 heavy (non-hydrogen) atoms. The van der Waals surface area contributed by atoms with Crippen LogP contribution in [0.5, 0.6) is 0 Å². The Hall–Kier alpha value is -0.0551. The summed E-state index contributed by atoms with van der Waals surface area (Å²) in [6.45, 7) is 8.04. The van der Waals surface area contributed by atoms with Gasteiger partial charge in [0.2, 0.25) is 0 Å². The maximum absolute atomic E-state index is 6.11. The van der Waals surface area contributed by atoms with Gasteiger partial charge in [-0.1, -0.05) is 20.8 Å². The van der Waals surface area contributed by atoms with Crippen LogP contribution in [0, 0.1) is 0 Å². The molecule has 0 saturated heterocycles. The first-order chi connectivity index (χ1) is 6.16. The standard InChI is InChI=1S/C10H25N3.BH3/c1-4-9(12)10(5-2,6-3)13-8-7-11;/h9,13H,4-8,11-12H2,1-3H3;1H3. The highest BCUT2D eigenvalue weighted by Gasteiger charge is 2.30. The van der Waals surface area contributed by atoms with Crippen LogP contribution in [0.1, 0.15) is 40.0 Å². The number of nitrogens with two attached hydrogens (primary N) is 2. The first-order valence-corrected chi connectivity index (χ1v) is 5.37. The van der Waals surface area contributed by atoms with E-state index in [9.17, 15) is 0 Å². The zero-order valence-corrected chi connectivity index (χ0v) is 9.27. The van der Waals surface area contributed by atoms with Crippen molar-refractivity contribution in [1.82, 2.24) is 5.32 Å². The second kappa shape index (κ2) is 8.27. The van der Waals surface area contributed by atoms with Gasteiger partial charge in [0.05, 0.1) is 8.41 Å². The van der Waals surface area contributed by atoms with Crippen LogP contribution >= 0.6 is 0 Å². The van der Waals surface area contributed by atoms with Gasteiger partial charge < -0.3 is 16.8 Å². The van der Waals surface area contributed by atoms with Crippen LogP contribution < -0.4 is 16.8 Å². The van der Waals surface area contributed by atoms with Crippen molar-refractivity contribution in [1.29, 1.82) is 0 Å². The van der Waals surface area contributed by atoms with Crippen molar-refractivity contribution < 1.29 is 0 Å². The summed E-state index contributed by atoms with van der Waals surface area (Å²) in [5, 5.41) is 3.48. The van der Waals surface area contributed by atoms with Gasteiger partial charge in [-0.15, -0.1) is 0 Å². The number of nitrogens with one attached hydrogen (secondary N) is 1. The Bertz CT molecular complexity index is 127. The fraction of sp³-hybridized carbons (Fsp3) is 1.00. The second-order valence-electron chi connectivity index (χ2n) is 3.59. The van der Waals surface area contributed by atoms with Crippen molar-refractivity contribution in [2.75, 3.05) is 13.1 Å². The minimum Gasteiger partial charge on any atom is -0.329 e. The van der Waals surface area contributed by atoms with E-state index in [-0.39, 0.29) is 20.0 Å². The second-order valence-corrected chi connectivity index (χ2v) is 3.59. The number of hydrogen-bond donors (Lipinski definition) is 3. The lowest BCUT2D eigenvalue weighted by Gasteiger charge is -2.38. The lowest BCUT2D eigenvalue weighted by Crippen LogP contribution is -2.58. The van der Waals surface area contributed by atoms with Gasteiger partial charge in [0.1, 0.15) is 0 Å². The molecule has 0 fully saturated rings. The Morgan fingerprint density at radius 1 is 1.21 bits per heavy atom. The highest BCUT2D eigenvalue weighted by molar-refractivity contribution is 5.75. The van der Waals surface area contributed by atoms with Crippen molar-refractivity contribution in [2.24, 2.45) is 11.5 Å². The van der Waals surface area contributed by atoms with E-state index in [4.69, 9.17) is 11.5 Å². The molecule has 86 valence electrons. The molecule has 0 bridgehead atoms. The van der Waals surface area contributed by atoms with Gasteiger partial charge in [-0.2, -0.15) is 0 Å². The van der Waals surface area contributed by atoms with E-state index < -0.39 is 0 Å². The van der Waals surface area contributed by atoms with Crippen LogP contribution in [-0.4, -0.2) is 33.1 Å². The molecule has 1 unspecified atom stereocenters. The van der Waals surface area contributed by atoms with Gasteiger partial charge in [0, 0.05) is 24.7 Å². The van der Waals surface area contributed by atoms with Gasteiger partial charge in [-0.25, -0.2) is 0 Å². The minimum absolute atomic E-state index is 0. The van der Waals surface area contributed by atoms with E-state index in [1.54, 1.807) is 0 Å². The molecule has 0 aliphatic rings. The normalized spacial score (nSPS) is 13.5. The maximum atomic E-state index is 6.11. The number of rotatable bonds is 7. The molecule has 0 heterocycles. The molecule has 0 rings (SSSR count). The predicted octanol–water partition coefficient (Wildman–Crippen LogP) is -0.353. The van der Waals surface area contributed by atoms with Crippen LogP contribution in [0.15, 0.2) is 0 Å². The monoisotopic (exact) mass is 201 g/mol. The zero-order valence-electron chi connectivity index (χ0n) is 9.27. The summed E-state index contributed by atoms with van der Waals surface area (Å²) in [4.78, 5) is 0. The zero-order chi connectivity index (χ0) is 10.3. The number of hydrogen-bond acceptors (Lipinski definition) is 3. The largest absolute Gasteiger partial charge is 0.329 e. The summed E-state index contributed by atoms with van der Waals surface area (Å²) in [7, 11) is 0. The molecule has 0 aromatic heterocycles. The molecule has 0 spiro atoms. The fourth-order valence-corrected chi connectivity index (χ4v) is 1.87. The van der Waals surface area contributed by atoms with E-state index in [0.717, 1.165) is 25.8 Å². The average molecular weight is 201 g/mol. The highest BCUT2D eigenvalue weighted by Crippen LogP contribution is 2.20. The van der Waals surface area contributed by atoms with Gasteiger partial charge in [0.15, 0.2) is 0 Å². The quantitative estimate of drug-likeness (QED) is 0.493. The molecule has 1 atom stereocenters. The molecule has 4 heteroatoms. The topological polar surface area (TPSA) is 64.1 Å². The molecule has 0 saturated carbocycles. The van der Waals surface area contributed by atoms with Gasteiger partial charge >= 0.3 is 0 Å². The third kappa shape index (κ3) is 3.99. The SMILES string of the molecule is B.CCC(N)C(CC)(CC)NCCN. The lowest BCUT2D eigenvalue weighted by molar-refractivity contribution is 0.243. The van der Waals surface area contributed by atoms with Gasteiger partial charge in [0.25, 0.3) is 0 Å². The Balaban J connectivity index is 0. The maximum Gasteiger partial charge on any atom is 0.0814 e. The van der Waals surface area contributed by atoms with Crippen molar-refractivity contribution in [3.8, 4) is 0 Å². The van der Waals surface area contributed by atoms with Crippen LogP contribution in [0.3, 0.4) is 0 Å². The van der Waals surface area contributed by atoms with Crippen molar-refractivity contribution in [3.05, 3.63) is 0 Å². The van der Waals surface area contributed by atoms with E-state index in [2.05, 4.69) is 26.1 Å². The van der Waals surface area contributed by atoms with Crippen LogP contribution in [0.4, 0.5) is 0 Å². The summed E-state index contributed by atoms with van der Waals surface area (Å²) in [5.41, 5.74) is 11.7. The summed E-state index contributed by atoms with van der Waals surface area (Å²) in [5.74, 6) is 0. The predicted molar refractivity (Wildman–Crippen MR) is 68.6 cm³/mol. The molecular weight excluding hydrogens is 173 g/mol. The summed E-state index contributed by atoms with van der Waals surface area (Å²) in [6, 6.07) is 0.231.